The molecule has 8 heteroatoms. The molecule has 4 nitrogen and oxygen atoms in total. The fourth-order valence-electron chi connectivity index (χ4n) is 2.30. The molecule has 0 aromatic rings. The summed E-state index contributed by atoms with van der Waals surface area (Å²) < 4.78 is 52.7. The van der Waals surface area contributed by atoms with E-state index in [1.165, 1.54) is 13.0 Å². The van der Waals surface area contributed by atoms with E-state index in [9.17, 15) is 22.5 Å². The van der Waals surface area contributed by atoms with Gasteiger partial charge in [0, 0.05) is 18.2 Å². The summed E-state index contributed by atoms with van der Waals surface area (Å²) >= 11 is 0. The minimum absolute atomic E-state index is 0.0502. The van der Waals surface area contributed by atoms with Gasteiger partial charge in [-0.3, -0.25) is 5.32 Å². The first-order chi connectivity index (χ1) is 11.9. The van der Waals surface area contributed by atoms with Gasteiger partial charge in [0.05, 0.1) is 15.7 Å². The number of allylic oxidation sites excluding steroid dienone is 1. The maximum Gasteiger partial charge on any atom is 0.412 e. The van der Waals surface area contributed by atoms with Crippen LogP contribution in [0.4, 0.5) is 13.2 Å². The Morgan fingerprint density at radius 3 is 2.27 bits per heavy atom. The van der Waals surface area contributed by atoms with Crippen molar-refractivity contribution in [3.8, 4) is 0 Å². The van der Waals surface area contributed by atoms with E-state index in [-0.39, 0.29) is 23.6 Å². The van der Waals surface area contributed by atoms with E-state index in [0.29, 0.717) is 19.4 Å². The van der Waals surface area contributed by atoms with E-state index in [4.69, 9.17) is 0 Å². The fourth-order valence-corrected chi connectivity index (χ4v) is 3.06. The second-order valence-corrected chi connectivity index (χ2v) is 9.43. The van der Waals surface area contributed by atoms with E-state index in [0.717, 1.165) is 12.8 Å². The van der Waals surface area contributed by atoms with Gasteiger partial charge in [-0.15, -0.1) is 0 Å². The lowest BCUT2D eigenvalue weighted by molar-refractivity contribution is -0.0938. The van der Waals surface area contributed by atoms with Crippen molar-refractivity contribution in [2.45, 2.75) is 96.3 Å². The zero-order valence-corrected chi connectivity index (χ0v) is 17.4. The van der Waals surface area contributed by atoms with E-state index in [2.05, 4.69) is 10.0 Å². The summed E-state index contributed by atoms with van der Waals surface area (Å²) in [6.45, 7) is 9.65. The van der Waals surface area contributed by atoms with Crippen LogP contribution in [0.2, 0.25) is 0 Å². The van der Waals surface area contributed by atoms with Crippen LogP contribution in [-0.4, -0.2) is 39.1 Å². The number of unbranched alkanes of at least 4 members (excludes halogenated alkanes) is 1. The van der Waals surface area contributed by atoms with Gasteiger partial charge in [0.1, 0.15) is 6.23 Å². The lowest BCUT2D eigenvalue weighted by Crippen LogP contribution is -2.38. The summed E-state index contributed by atoms with van der Waals surface area (Å²) in [6.07, 6.45) is -0.988. The number of hydrogen-bond donors (Lipinski definition) is 3. The van der Waals surface area contributed by atoms with E-state index >= 15 is 0 Å². The second-order valence-electron chi connectivity index (χ2n) is 7.38. The molecule has 3 atom stereocenters. The van der Waals surface area contributed by atoms with Gasteiger partial charge in [0.25, 0.3) is 0 Å². The summed E-state index contributed by atoms with van der Waals surface area (Å²) in [5.74, 6) is 0. The Labute approximate surface area is 158 Å². The van der Waals surface area contributed by atoms with Crippen LogP contribution in [0.25, 0.3) is 0 Å². The summed E-state index contributed by atoms with van der Waals surface area (Å²) in [6, 6.07) is -0.194. The number of aliphatic hydroxyl groups excluding tert-OH is 1. The first-order valence-corrected chi connectivity index (χ1v) is 10.4. The van der Waals surface area contributed by atoms with Gasteiger partial charge in [-0.05, 0) is 59.3 Å². The Kier molecular flexibility index (Phi) is 11.9. The lowest BCUT2D eigenvalue weighted by atomic mass is 10.1. The standard InChI is InChI=1S/C18H35F3N2O2S/c1-6-14(18(19,20)21)11-12-15(7-2)23-16(24)10-8-9-13-22-26(25)17(3,4)5/h11,15-16,22-24H,6-10,12-13H2,1-5H3/b14-11+. The zero-order chi connectivity index (χ0) is 20.4. The number of nitrogens with one attached hydrogen (secondary N) is 2. The Hall–Kier alpha value is -0.440. The van der Waals surface area contributed by atoms with Crippen molar-refractivity contribution in [3.05, 3.63) is 11.6 Å². The van der Waals surface area contributed by atoms with E-state index in [1.54, 1.807) is 0 Å². The molecule has 0 aliphatic carbocycles. The normalized spacial score (nSPS) is 17.2. The van der Waals surface area contributed by atoms with Gasteiger partial charge in [-0.25, -0.2) is 8.93 Å². The summed E-state index contributed by atoms with van der Waals surface area (Å²) in [5.41, 5.74) is -0.523. The molecule has 0 aromatic heterocycles. The minimum Gasteiger partial charge on any atom is -0.379 e. The highest BCUT2D eigenvalue weighted by Gasteiger charge is 2.31. The summed E-state index contributed by atoms with van der Waals surface area (Å²) in [7, 11) is -1.10. The quantitative estimate of drug-likeness (QED) is 0.262. The smallest absolute Gasteiger partial charge is 0.379 e. The first-order valence-electron chi connectivity index (χ1n) is 9.27. The van der Waals surface area contributed by atoms with Gasteiger partial charge < -0.3 is 5.11 Å². The number of alkyl halides is 3. The lowest BCUT2D eigenvalue weighted by Gasteiger charge is -2.21. The van der Waals surface area contributed by atoms with Crippen molar-refractivity contribution in [1.29, 1.82) is 0 Å². The molecule has 0 heterocycles. The average Bonchev–Trinajstić information content (AvgIpc) is 2.51. The van der Waals surface area contributed by atoms with Crippen LogP contribution in [0, 0.1) is 0 Å². The number of hydrogen-bond acceptors (Lipinski definition) is 3. The molecule has 0 radical (unpaired) electrons. The fraction of sp³-hybridized carbons (Fsp3) is 0.889. The third-order valence-corrected chi connectivity index (χ3v) is 5.59. The van der Waals surface area contributed by atoms with Crippen molar-refractivity contribution < 1.29 is 22.5 Å². The van der Waals surface area contributed by atoms with E-state index < -0.39 is 29.0 Å². The van der Waals surface area contributed by atoms with Crippen LogP contribution in [-0.2, 0) is 11.0 Å². The van der Waals surface area contributed by atoms with Crippen molar-refractivity contribution in [3.63, 3.8) is 0 Å². The van der Waals surface area contributed by atoms with Crippen molar-refractivity contribution in [2.24, 2.45) is 0 Å². The Morgan fingerprint density at radius 2 is 1.81 bits per heavy atom. The van der Waals surface area contributed by atoms with Crippen LogP contribution in [0.15, 0.2) is 11.6 Å². The first kappa shape index (κ1) is 25.6. The molecular formula is C18H35F3N2O2S. The third-order valence-electron chi connectivity index (χ3n) is 4.01. The molecule has 0 spiro atoms. The van der Waals surface area contributed by atoms with Crippen molar-refractivity contribution >= 4 is 11.0 Å². The van der Waals surface area contributed by atoms with Crippen LogP contribution >= 0.6 is 0 Å². The van der Waals surface area contributed by atoms with Gasteiger partial charge in [-0.2, -0.15) is 13.2 Å². The maximum atomic E-state index is 12.7. The molecule has 0 aliphatic heterocycles. The molecule has 0 amide bonds. The number of halogens is 3. The molecule has 3 N–H and O–H groups in total. The molecule has 0 bridgehead atoms. The highest BCUT2D eigenvalue weighted by Crippen LogP contribution is 2.28. The van der Waals surface area contributed by atoms with Crippen molar-refractivity contribution in [2.75, 3.05) is 6.54 Å². The Morgan fingerprint density at radius 1 is 1.19 bits per heavy atom. The van der Waals surface area contributed by atoms with Gasteiger partial charge in [-0.1, -0.05) is 19.9 Å². The highest BCUT2D eigenvalue weighted by atomic mass is 32.2. The second kappa shape index (κ2) is 12.1. The molecule has 0 saturated heterocycles. The summed E-state index contributed by atoms with van der Waals surface area (Å²) in [4.78, 5) is 0. The third kappa shape index (κ3) is 11.3. The topological polar surface area (TPSA) is 61.4 Å². The molecule has 0 saturated carbocycles. The van der Waals surface area contributed by atoms with Gasteiger partial charge in [0.2, 0.25) is 0 Å². The molecule has 156 valence electrons. The zero-order valence-electron chi connectivity index (χ0n) is 16.6. The van der Waals surface area contributed by atoms with E-state index in [1.807, 2.05) is 27.7 Å². The van der Waals surface area contributed by atoms with Gasteiger partial charge >= 0.3 is 6.18 Å². The molecule has 0 rings (SSSR count). The van der Waals surface area contributed by atoms with Gasteiger partial charge in [0.15, 0.2) is 0 Å². The van der Waals surface area contributed by atoms with Crippen LogP contribution < -0.4 is 10.0 Å². The number of aliphatic hydroxyl groups is 1. The summed E-state index contributed by atoms with van der Waals surface area (Å²) in [5, 5.41) is 13.0. The molecule has 26 heavy (non-hydrogen) atoms. The predicted molar refractivity (Wildman–Crippen MR) is 102 cm³/mol. The SMILES string of the molecule is CC/C(=C\CC(CC)NC(O)CCCCNS(=O)C(C)(C)C)C(F)(F)F. The molecular weight excluding hydrogens is 365 g/mol. The van der Waals surface area contributed by atoms with Crippen LogP contribution in [0.5, 0.6) is 0 Å². The minimum atomic E-state index is -4.29. The van der Waals surface area contributed by atoms with Crippen LogP contribution in [0.3, 0.4) is 0 Å². The predicted octanol–water partition coefficient (Wildman–Crippen LogP) is 4.18. The average molecular weight is 401 g/mol. The molecule has 0 aromatic carbocycles. The highest BCUT2D eigenvalue weighted by molar-refractivity contribution is 7.84. The maximum absolute atomic E-state index is 12.7. The molecule has 0 aliphatic rings. The Balaban J connectivity index is 4.18. The van der Waals surface area contributed by atoms with Crippen molar-refractivity contribution in [1.82, 2.24) is 10.0 Å². The monoisotopic (exact) mass is 400 g/mol. The molecule has 0 fully saturated rings. The van der Waals surface area contributed by atoms with Crippen LogP contribution in [0.1, 0.15) is 73.1 Å². The number of rotatable bonds is 12. The largest absolute Gasteiger partial charge is 0.412 e. The Bertz CT molecular complexity index is 449. The molecule has 3 unspecified atom stereocenters.